The lowest BCUT2D eigenvalue weighted by Crippen LogP contribution is -2.12. The van der Waals surface area contributed by atoms with Gasteiger partial charge in [0.15, 0.2) is 5.82 Å². The normalized spacial score (nSPS) is 10.9. The van der Waals surface area contributed by atoms with Gasteiger partial charge in [-0.05, 0) is 49.2 Å². The van der Waals surface area contributed by atoms with Crippen LogP contribution in [0.2, 0.25) is 0 Å². The van der Waals surface area contributed by atoms with Crippen molar-refractivity contribution < 1.29 is 13.7 Å². The Morgan fingerprint density at radius 3 is 2.71 bits per heavy atom. The lowest BCUT2D eigenvalue weighted by Gasteiger charge is -2.06. The van der Waals surface area contributed by atoms with Crippen molar-refractivity contribution in [2.75, 3.05) is 5.32 Å². The van der Waals surface area contributed by atoms with Crippen LogP contribution in [0.1, 0.15) is 29.3 Å². The van der Waals surface area contributed by atoms with Crippen molar-refractivity contribution in [3.8, 4) is 11.5 Å². The number of hydrogen-bond acceptors (Lipinski definition) is 8. The molecule has 2 heterocycles. The lowest BCUT2D eigenvalue weighted by molar-refractivity contribution is -0.116. The van der Waals surface area contributed by atoms with Gasteiger partial charge >= 0.3 is 0 Å². The van der Waals surface area contributed by atoms with Gasteiger partial charge in [0, 0.05) is 24.1 Å². The molecule has 4 rings (SSSR count). The number of amides is 1. The van der Waals surface area contributed by atoms with Crippen LogP contribution < -0.4 is 5.32 Å². The van der Waals surface area contributed by atoms with Crippen LogP contribution in [-0.2, 0) is 17.0 Å². The molecule has 0 spiro atoms. The van der Waals surface area contributed by atoms with Crippen LogP contribution in [0.5, 0.6) is 0 Å². The molecule has 0 saturated heterocycles. The highest BCUT2D eigenvalue weighted by Crippen LogP contribution is 2.25. The zero-order valence-electron chi connectivity index (χ0n) is 17.2. The molecule has 8 nitrogen and oxygen atoms in total. The van der Waals surface area contributed by atoms with Crippen LogP contribution in [0.3, 0.4) is 0 Å². The number of nitrogens with one attached hydrogen (secondary N) is 1. The van der Waals surface area contributed by atoms with E-state index in [9.17, 15) is 4.79 Å². The zero-order chi connectivity index (χ0) is 21.6. The van der Waals surface area contributed by atoms with Gasteiger partial charge in [0.25, 0.3) is 5.22 Å². The quantitative estimate of drug-likeness (QED) is 0.400. The third-order valence-corrected chi connectivity index (χ3v) is 5.43. The number of hydrogen-bond donors (Lipinski definition) is 1. The highest BCUT2D eigenvalue weighted by Gasteiger charge is 2.13. The number of carbonyl (C=O) groups is 1. The fraction of sp³-hybridized carbons (Fsp3) is 0.227. The van der Waals surface area contributed by atoms with Crippen LogP contribution in [0.25, 0.3) is 11.5 Å². The maximum atomic E-state index is 12.2. The molecule has 0 radical (unpaired) electrons. The summed E-state index contributed by atoms with van der Waals surface area (Å²) in [5, 5.41) is 15.4. The number of aryl methyl sites for hydroxylation is 3. The molecule has 31 heavy (non-hydrogen) atoms. The van der Waals surface area contributed by atoms with E-state index in [1.807, 2.05) is 62.4 Å². The fourth-order valence-corrected chi connectivity index (χ4v) is 3.41. The van der Waals surface area contributed by atoms with Gasteiger partial charge in [-0.3, -0.25) is 4.79 Å². The molecule has 2 aromatic heterocycles. The van der Waals surface area contributed by atoms with E-state index in [2.05, 4.69) is 25.7 Å². The number of carbonyl (C=O) groups excluding carboxylic acids is 1. The molecule has 0 aliphatic carbocycles. The van der Waals surface area contributed by atoms with E-state index < -0.39 is 0 Å². The Labute approximate surface area is 183 Å². The predicted octanol–water partition coefficient (Wildman–Crippen LogP) is 4.60. The number of benzene rings is 2. The van der Waals surface area contributed by atoms with E-state index >= 15 is 0 Å². The summed E-state index contributed by atoms with van der Waals surface area (Å²) in [6.07, 6.45) is 0.624. The van der Waals surface area contributed by atoms with Gasteiger partial charge in [-0.2, -0.15) is 4.98 Å². The van der Waals surface area contributed by atoms with Gasteiger partial charge < -0.3 is 14.3 Å². The summed E-state index contributed by atoms with van der Waals surface area (Å²) in [4.78, 5) is 16.5. The summed E-state index contributed by atoms with van der Waals surface area (Å²) >= 11 is 1.33. The van der Waals surface area contributed by atoms with Gasteiger partial charge in [-0.15, -0.1) is 10.2 Å². The molecule has 0 fully saturated rings. The van der Waals surface area contributed by atoms with Crippen LogP contribution in [0, 0.1) is 13.8 Å². The second-order valence-corrected chi connectivity index (χ2v) is 7.91. The maximum absolute atomic E-state index is 12.2. The maximum Gasteiger partial charge on any atom is 0.277 e. The topological polar surface area (TPSA) is 107 Å². The fourth-order valence-electron chi connectivity index (χ4n) is 2.81. The molecule has 4 aromatic rings. The summed E-state index contributed by atoms with van der Waals surface area (Å²) < 4.78 is 10.9. The van der Waals surface area contributed by atoms with Crippen LogP contribution in [0.4, 0.5) is 5.69 Å². The first-order chi connectivity index (χ1) is 15.1. The SMILES string of the molecule is Cc1ccc(NC(=O)CCc2nc(CSc3nnc(-c4ccccc4)o3)no2)cc1C. The minimum Gasteiger partial charge on any atom is -0.411 e. The molecular formula is C22H21N5O3S. The highest BCUT2D eigenvalue weighted by molar-refractivity contribution is 7.98. The largest absolute Gasteiger partial charge is 0.411 e. The van der Waals surface area contributed by atoms with Crippen molar-refractivity contribution in [1.82, 2.24) is 20.3 Å². The van der Waals surface area contributed by atoms with E-state index in [4.69, 9.17) is 8.94 Å². The highest BCUT2D eigenvalue weighted by atomic mass is 32.2. The lowest BCUT2D eigenvalue weighted by atomic mass is 10.1. The summed E-state index contributed by atoms with van der Waals surface area (Å²) in [6, 6.07) is 15.4. The molecule has 0 bridgehead atoms. The van der Waals surface area contributed by atoms with Gasteiger partial charge in [0.2, 0.25) is 17.7 Å². The Morgan fingerprint density at radius 1 is 1.06 bits per heavy atom. The Morgan fingerprint density at radius 2 is 1.90 bits per heavy atom. The monoisotopic (exact) mass is 435 g/mol. The van der Waals surface area contributed by atoms with Crippen molar-refractivity contribution in [3.05, 3.63) is 71.4 Å². The third kappa shape index (κ3) is 5.58. The molecule has 0 atom stereocenters. The number of rotatable bonds is 8. The second kappa shape index (κ2) is 9.57. The zero-order valence-corrected chi connectivity index (χ0v) is 18.0. The van der Waals surface area contributed by atoms with E-state index in [1.54, 1.807) is 0 Å². The number of aromatic nitrogens is 4. The molecule has 9 heteroatoms. The summed E-state index contributed by atoms with van der Waals surface area (Å²) in [7, 11) is 0. The van der Waals surface area contributed by atoms with Crippen LogP contribution in [-0.4, -0.2) is 26.2 Å². The molecule has 0 saturated carbocycles. The molecule has 1 amide bonds. The third-order valence-electron chi connectivity index (χ3n) is 4.62. The standard InChI is InChI=1S/C22H21N5O3S/c1-14-8-9-17(12-15(14)2)23-19(28)10-11-20-24-18(27-30-20)13-31-22-26-25-21(29-22)16-6-4-3-5-7-16/h3-9,12H,10-11,13H2,1-2H3,(H,23,28). The Bertz CT molecular complexity index is 1170. The minimum absolute atomic E-state index is 0.100. The number of nitrogens with zero attached hydrogens (tertiary/aromatic N) is 4. The first-order valence-corrected chi connectivity index (χ1v) is 10.8. The number of thioether (sulfide) groups is 1. The predicted molar refractivity (Wildman–Crippen MR) is 116 cm³/mol. The van der Waals surface area contributed by atoms with Crippen molar-refractivity contribution in [2.24, 2.45) is 0 Å². The average Bonchev–Trinajstić information content (AvgIpc) is 3.44. The van der Waals surface area contributed by atoms with Gasteiger partial charge in [0.1, 0.15) is 0 Å². The van der Waals surface area contributed by atoms with Gasteiger partial charge in [-0.25, -0.2) is 0 Å². The molecule has 1 N–H and O–H groups in total. The Hall–Kier alpha value is -3.46. The minimum atomic E-state index is -0.100. The Balaban J connectivity index is 1.25. The van der Waals surface area contributed by atoms with Gasteiger partial charge in [0.05, 0.1) is 5.75 Å². The van der Waals surface area contributed by atoms with E-state index in [0.29, 0.717) is 35.0 Å². The summed E-state index contributed by atoms with van der Waals surface area (Å²) in [6.45, 7) is 4.05. The first-order valence-electron chi connectivity index (χ1n) is 9.77. The second-order valence-electron chi connectivity index (χ2n) is 6.98. The van der Waals surface area contributed by atoms with E-state index in [1.165, 1.54) is 17.3 Å². The molecule has 0 unspecified atom stereocenters. The molecule has 0 aliphatic rings. The molecule has 0 aliphatic heterocycles. The van der Waals surface area contributed by atoms with E-state index in [-0.39, 0.29) is 12.3 Å². The Kier molecular flexibility index (Phi) is 6.42. The van der Waals surface area contributed by atoms with Crippen molar-refractivity contribution in [3.63, 3.8) is 0 Å². The summed E-state index contributed by atoms with van der Waals surface area (Å²) in [5.41, 5.74) is 3.97. The smallest absolute Gasteiger partial charge is 0.277 e. The molecule has 158 valence electrons. The first kappa shape index (κ1) is 20.8. The average molecular weight is 436 g/mol. The van der Waals surface area contributed by atoms with Gasteiger partial charge in [-0.1, -0.05) is 41.2 Å². The van der Waals surface area contributed by atoms with Crippen LogP contribution in [0.15, 0.2) is 62.7 Å². The summed E-state index contributed by atoms with van der Waals surface area (Å²) in [5.74, 6) is 1.72. The van der Waals surface area contributed by atoms with Crippen LogP contribution >= 0.6 is 11.8 Å². The molecular weight excluding hydrogens is 414 g/mol. The van der Waals surface area contributed by atoms with Crippen molar-refractivity contribution >= 4 is 23.4 Å². The number of anilines is 1. The van der Waals surface area contributed by atoms with Crippen molar-refractivity contribution in [2.45, 2.75) is 37.7 Å². The van der Waals surface area contributed by atoms with E-state index in [0.717, 1.165) is 16.8 Å². The van der Waals surface area contributed by atoms with Crippen molar-refractivity contribution in [1.29, 1.82) is 0 Å². The molecule has 2 aromatic carbocycles.